The van der Waals surface area contributed by atoms with Gasteiger partial charge in [0.2, 0.25) is 10.0 Å². The van der Waals surface area contributed by atoms with Gasteiger partial charge < -0.3 is 14.4 Å². The second kappa shape index (κ2) is 6.53. The predicted molar refractivity (Wildman–Crippen MR) is 81.9 cm³/mol. The summed E-state index contributed by atoms with van der Waals surface area (Å²) in [6, 6.07) is 5.03. The van der Waals surface area contributed by atoms with Gasteiger partial charge in [0, 0.05) is 26.2 Å². The van der Waals surface area contributed by atoms with Crippen LogP contribution >= 0.6 is 0 Å². The standard InChI is InChI=1S/C14H20N2O5S/c1-20-11-4-5-13(21-2)12(10-11)14(17)15-6-8-16(9-7-15)22(3,18)19/h4-5,10H,6-9H2,1-3H3. The summed E-state index contributed by atoms with van der Waals surface area (Å²) in [5.41, 5.74) is 0.412. The van der Waals surface area contributed by atoms with Crippen molar-refractivity contribution in [2.75, 3.05) is 46.7 Å². The molecule has 0 atom stereocenters. The molecule has 2 rings (SSSR count). The molecule has 0 aliphatic carbocycles. The summed E-state index contributed by atoms with van der Waals surface area (Å²) in [5, 5.41) is 0. The normalized spacial score (nSPS) is 16.4. The molecule has 1 fully saturated rings. The third-order valence-corrected chi connectivity index (χ3v) is 4.94. The lowest BCUT2D eigenvalue weighted by Gasteiger charge is -2.33. The molecule has 8 heteroatoms. The van der Waals surface area contributed by atoms with E-state index >= 15 is 0 Å². The summed E-state index contributed by atoms with van der Waals surface area (Å²) in [6.45, 7) is 1.31. The Kier molecular flexibility index (Phi) is 4.92. The number of sulfonamides is 1. The maximum atomic E-state index is 12.6. The van der Waals surface area contributed by atoms with Gasteiger partial charge in [-0.05, 0) is 18.2 Å². The smallest absolute Gasteiger partial charge is 0.257 e. The summed E-state index contributed by atoms with van der Waals surface area (Å²) in [5.74, 6) is 0.846. The van der Waals surface area contributed by atoms with E-state index in [9.17, 15) is 13.2 Å². The van der Waals surface area contributed by atoms with Gasteiger partial charge in [0.05, 0.1) is 26.0 Å². The van der Waals surface area contributed by atoms with Gasteiger partial charge in [-0.2, -0.15) is 4.31 Å². The van der Waals surface area contributed by atoms with Gasteiger partial charge in [-0.3, -0.25) is 4.79 Å². The Labute approximate surface area is 130 Å². The van der Waals surface area contributed by atoms with Gasteiger partial charge in [-0.15, -0.1) is 0 Å². The number of hydrogen-bond donors (Lipinski definition) is 0. The van der Waals surface area contributed by atoms with Crippen LogP contribution in [0, 0.1) is 0 Å². The van der Waals surface area contributed by atoms with Gasteiger partial charge >= 0.3 is 0 Å². The first-order valence-corrected chi connectivity index (χ1v) is 8.68. The molecule has 1 amide bonds. The van der Waals surface area contributed by atoms with Crippen LogP contribution in [0.15, 0.2) is 18.2 Å². The number of ether oxygens (including phenoxy) is 2. The van der Waals surface area contributed by atoms with Gasteiger partial charge in [-0.25, -0.2) is 8.42 Å². The third kappa shape index (κ3) is 3.50. The Bertz CT molecular complexity index is 651. The van der Waals surface area contributed by atoms with Crippen LogP contribution < -0.4 is 9.47 Å². The average Bonchev–Trinajstić information content (AvgIpc) is 2.52. The first-order chi connectivity index (χ1) is 10.4. The fourth-order valence-electron chi connectivity index (χ4n) is 2.37. The predicted octanol–water partition coefficient (Wildman–Crippen LogP) is 0.421. The van der Waals surface area contributed by atoms with E-state index in [2.05, 4.69) is 0 Å². The molecule has 1 aromatic rings. The Morgan fingerprint density at radius 3 is 2.23 bits per heavy atom. The van der Waals surface area contributed by atoms with E-state index < -0.39 is 10.0 Å². The number of rotatable bonds is 4. The maximum Gasteiger partial charge on any atom is 0.257 e. The minimum atomic E-state index is -3.21. The molecule has 7 nitrogen and oxygen atoms in total. The van der Waals surface area contributed by atoms with E-state index in [1.54, 1.807) is 23.1 Å². The van der Waals surface area contributed by atoms with E-state index in [0.29, 0.717) is 43.2 Å². The summed E-state index contributed by atoms with van der Waals surface area (Å²) in [4.78, 5) is 14.3. The van der Waals surface area contributed by atoms with Gasteiger partial charge in [-0.1, -0.05) is 0 Å². The van der Waals surface area contributed by atoms with Crippen molar-refractivity contribution in [3.05, 3.63) is 23.8 Å². The van der Waals surface area contributed by atoms with Crippen molar-refractivity contribution in [3.63, 3.8) is 0 Å². The topological polar surface area (TPSA) is 76.2 Å². The molecule has 1 aliphatic heterocycles. The molecule has 1 saturated heterocycles. The van der Waals surface area contributed by atoms with E-state index in [4.69, 9.17) is 9.47 Å². The molecule has 0 saturated carbocycles. The first-order valence-electron chi connectivity index (χ1n) is 6.83. The number of piperazine rings is 1. The SMILES string of the molecule is COc1ccc(OC)c(C(=O)N2CCN(S(C)(=O)=O)CC2)c1. The summed E-state index contributed by atoms with van der Waals surface area (Å²) in [7, 11) is -0.184. The number of carbonyl (C=O) groups excluding carboxylic acids is 1. The highest BCUT2D eigenvalue weighted by Crippen LogP contribution is 2.25. The van der Waals surface area contributed by atoms with Gasteiger partial charge in [0.15, 0.2) is 0 Å². The molecule has 22 heavy (non-hydrogen) atoms. The molecule has 1 aliphatic rings. The zero-order valence-electron chi connectivity index (χ0n) is 12.9. The van der Waals surface area contributed by atoms with Gasteiger partial charge in [0.1, 0.15) is 11.5 Å². The molecule has 0 radical (unpaired) electrons. The van der Waals surface area contributed by atoms with E-state index in [1.807, 2.05) is 0 Å². The van der Waals surface area contributed by atoms with Crippen molar-refractivity contribution in [2.45, 2.75) is 0 Å². The summed E-state index contributed by atoms with van der Waals surface area (Å²) >= 11 is 0. The van der Waals surface area contributed by atoms with Crippen LogP contribution in [0.2, 0.25) is 0 Å². The zero-order valence-corrected chi connectivity index (χ0v) is 13.7. The van der Waals surface area contributed by atoms with Gasteiger partial charge in [0.25, 0.3) is 5.91 Å². The number of amides is 1. The highest BCUT2D eigenvalue weighted by molar-refractivity contribution is 7.88. The van der Waals surface area contributed by atoms with Crippen molar-refractivity contribution in [2.24, 2.45) is 0 Å². The molecule has 0 aromatic heterocycles. The molecular weight excluding hydrogens is 308 g/mol. The number of methoxy groups -OCH3 is 2. The molecular formula is C14H20N2O5S. The Balaban J connectivity index is 2.16. The van der Waals surface area contributed by atoms with Crippen LogP contribution in [0.5, 0.6) is 11.5 Å². The second-order valence-electron chi connectivity index (χ2n) is 5.02. The summed E-state index contributed by atoms with van der Waals surface area (Å²) in [6.07, 6.45) is 1.18. The Morgan fingerprint density at radius 2 is 1.73 bits per heavy atom. The number of benzene rings is 1. The van der Waals surface area contributed by atoms with Crippen LogP contribution in [-0.2, 0) is 10.0 Å². The number of hydrogen-bond acceptors (Lipinski definition) is 5. The fourth-order valence-corrected chi connectivity index (χ4v) is 3.20. The fraction of sp³-hybridized carbons (Fsp3) is 0.500. The minimum absolute atomic E-state index is 0.191. The first kappa shape index (κ1) is 16.6. The Hall–Kier alpha value is -1.80. The molecule has 0 unspecified atom stereocenters. The summed E-state index contributed by atoms with van der Waals surface area (Å²) < 4.78 is 34.7. The molecule has 0 bridgehead atoms. The van der Waals surface area contributed by atoms with Crippen LogP contribution in [0.1, 0.15) is 10.4 Å². The third-order valence-electron chi connectivity index (χ3n) is 3.63. The van der Waals surface area contributed by atoms with Crippen molar-refractivity contribution >= 4 is 15.9 Å². The van der Waals surface area contributed by atoms with Crippen LogP contribution in [0.3, 0.4) is 0 Å². The number of nitrogens with zero attached hydrogens (tertiary/aromatic N) is 2. The van der Waals surface area contributed by atoms with Crippen LogP contribution in [0.4, 0.5) is 0 Å². The van der Waals surface area contributed by atoms with E-state index in [-0.39, 0.29) is 5.91 Å². The molecule has 0 spiro atoms. The van der Waals surface area contributed by atoms with Crippen molar-refractivity contribution in [3.8, 4) is 11.5 Å². The monoisotopic (exact) mass is 328 g/mol. The molecule has 0 N–H and O–H groups in total. The maximum absolute atomic E-state index is 12.6. The molecule has 1 heterocycles. The molecule has 1 aromatic carbocycles. The quantitative estimate of drug-likeness (QED) is 0.801. The number of carbonyl (C=O) groups is 1. The van der Waals surface area contributed by atoms with Crippen molar-refractivity contribution in [1.29, 1.82) is 0 Å². The van der Waals surface area contributed by atoms with E-state index in [0.717, 1.165) is 0 Å². The largest absolute Gasteiger partial charge is 0.497 e. The highest BCUT2D eigenvalue weighted by Gasteiger charge is 2.28. The molecule has 122 valence electrons. The zero-order chi connectivity index (χ0) is 16.3. The lowest BCUT2D eigenvalue weighted by molar-refractivity contribution is 0.0694. The van der Waals surface area contributed by atoms with Crippen molar-refractivity contribution in [1.82, 2.24) is 9.21 Å². The second-order valence-corrected chi connectivity index (χ2v) is 7.00. The lowest BCUT2D eigenvalue weighted by Crippen LogP contribution is -2.50. The van der Waals surface area contributed by atoms with Crippen LogP contribution in [-0.4, -0.2) is 70.2 Å². The van der Waals surface area contributed by atoms with E-state index in [1.165, 1.54) is 24.8 Å². The Morgan fingerprint density at radius 1 is 1.09 bits per heavy atom. The minimum Gasteiger partial charge on any atom is -0.497 e. The van der Waals surface area contributed by atoms with Crippen molar-refractivity contribution < 1.29 is 22.7 Å². The highest BCUT2D eigenvalue weighted by atomic mass is 32.2. The van der Waals surface area contributed by atoms with Crippen LogP contribution in [0.25, 0.3) is 0 Å². The lowest BCUT2D eigenvalue weighted by atomic mass is 10.1. The average molecular weight is 328 g/mol.